The molecule has 4 aromatic carbocycles. The largest absolute Gasteiger partial charge is 0.303 e. The molecule has 4 aliphatic heterocycles. The van der Waals surface area contributed by atoms with E-state index in [-0.39, 0.29) is 23.6 Å². The minimum absolute atomic E-state index is 0.165. The molecule has 8 rings (SSSR count). The molecule has 0 spiro atoms. The molecule has 4 aliphatic rings. The highest BCUT2D eigenvalue weighted by Crippen LogP contribution is 2.32. The van der Waals surface area contributed by atoms with Crippen molar-refractivity contribution >= 4 is 45.2 Å². The van der Waals surface area contributed by atoms with E-state index in [9.17, 15) is 19.2 Å². The van der Waals surface area contributed by atoms with Gasteiger partial charge in [0, 0.05) is 46.1 Å². The van der Waals surface area contributed by atoms with Crippen molar-refractivity contribution in [1.82, 2.24) is 19.6 Å². The van der Waals surface area contributed by atoms with Crippen LogP contribution >= 0.6 is 0 Å². The molecule has 51 heavy (non-hydrogen) atoms. The zero-order valence-corrected chi connectivity index (χ0v) is 29.5. The van der Waals surface area contributed by atoms with E-state index in [0.717, 1.165) is 85.5 Å². The molecule has 0 unspecified atom stereocenters. The van der Waals surface area contributed by atoms with Crippen LogP contribution in [0.25, 0.3) is 21.5 Å². The molecular formula is C43H48N4O4. The maximum atomic E-state index is 13.2. The molecule has 8 heteroatoms. The van der Waals surface area contributed by atoms with E-state index >= 15 is 0 Å². The molecule has 0 bridgehead atoms. The van der Waals surface area contributed by atoms with E-state index in [2.05, 4.69) is 9.80 Å². The first-order chi connectivity index (χ1) is 25.0. The molecule has 2 saturated heterocycles. The van der Waals surface area contributed by atoms with Gasteiger partial charge in [-0.05, 0) is 125 Å². The maximum absolute atomic E-state index is 13.2. The lowest BCUT2D eigenvalue weighted by Gasteiger charge is -2.34. The second-order valence-electron chi connectivity index (χ2n) is 15.2. The Hall–Kier alpha value is -4.40. The fourth-order valence-corrected chi connectivity index (χ4v) is 9.16. The lowest BCUT2D eigenvalue weighted by molar-refractivity contribution is 0.0586. The number of nitrogens with zero attached hydrogens (tertiary/aromatic N) is 4. The van der Waals surface area contributed by atoms with Crippen LogP contribution in [-0.4, -0.2) is 95.6 Å². The van der Waals surface area contributed by atoms with Gasteiger partial charge in [0.15, 0.2) is 0 Å². The van der Waals surface area contributed by atoms with Crippen LogP contribution in [0.2, 0.25) is 0 Å². The van der Waals surface area contributed by atoms with Crippen molar-refractivity contribution in [2.45, 2.75) is 57.8 Å². The molecule has 8 nitrogen and oxygen atoms in total. The highest BCUT2D eigenvalue weighted by Gasteiger charge is 2.34. The zero-order valence-electron chi connectivity index (χ0n) is 29.5. The smallest absolute Gasteiger partial charge is 0.261 e. The SMILES string of the molecule is O=C1c2cccc3cccc(c23)C(=O)N1CCCN1CCC(CCCC2CCN(CCCN3C(=O)c4cccc5cccc(c45)C3=O)CC2)CC1. The van der Waals surface area contributed by atoms with Crippen LogP contribution in [0.5, 0.6) is 0 Å². The summed E-state index contributed by atoms with van der Waals surface area (Å²) >= 11 is 0. The van der Waals surface area contributed by atoms with Gasteiger partial charge in [-0.3, -0.25) is 29.0 Å². The third-order valence-corrected chi connectivity index (χ3v) is 12.1. The number of carbonyl (C=O) groups is 4. The van der Waals surface area contributed by atoms with Crippen molar-refractivity contribution in [3.05, 3.63) is 95.1 Å². The Balaban J connectivity index is 0.703. The monoisotopic (exact) mass is 684 g/mol. The topological polar surface area (TPSA) is 81.2 Å². The summed E-state index contributed by atoms with van der Waals surface area (Å²) in [5, 5.41) is 3.48. The average molecular weight is 685 g/mol. The predicted octanol–water partition coefficient (Wildman–Crippen LogP) is 7.26. The molecule has 0 saturated carbocycles. The maximum Gasteiger partial charge on any atom is 0.261 e. The molecular weight excluding hydrogens is 636 g/mol. The van der Waals surface area contributed by atoms with Crippen molar-refractivity contribution in [3.8, 4) is 0 Å². The van der Waals surface area contributed by atoms with Gasteiger partial charge in [-0.15, -0.1) is 0 Å². The molecule has 0 radical (unpaired) electrons. The second-order valence-corrected chi connectivity index (χ2v) is 15.2. The minimum Gasteiger partial charge on any atom is -0.303 e. The second kappa shape index (κ2) is 14.7. The number of carbonyl (C=O) groups excluding carboxylic acids is 4. The number of piperidine rings is 2. The van der Waals surface area contributed by atoms with Gasteiger partial charge in [0.1, 0.15) is 0 Å². The van der Waals surface area contributed by atoms with Gasteiger partial charge >= 0.3 is 0 Å². The number of rotatable bonds is 12. The summed E-state index contributed by atoms with van der Waals surface area (Å²) in [5.41, 5.74) is 2.56. The summed E-state index contributed by atoms with van der Waals surface area (Å²) in [6.07, 6.45) is 10.5. The van der Waals surface area contributed by atoms with E-state index in [1.165, 1.54) is 54.7 Å². The lowest BCUT2D eigenvalue weighted by Crippen LogP contribution is -2.42. The molecule has 0 aromatic heterocycles. The van der Waals surface area contributed by atoms with Crippen LogP contribution < -0.4 is 0 Å². The first kappa shape index (κ1) is 33.7. The van der Waals surface area contributed by atoms with Gasteiger partial charge in [0.2, 0.25) is 0 Å². The molecule has 0 N–H and O–H groups in total. The Morgan fingerprint density at radius 1 is 0.431 bits per heavy atom. The zero-order chi connectivity index (χ0) is 34.9. The van der Waals surface area contributed by atoms with Gasteiger partial charge in [0.25, 0.3) is 23.6 Å². The molecule has 4 heterocycles. The first-order valence-electron chi connectivity index (χ1n) is 19.2. The summed E-state index contributed by atoms with van der Waals surface area (Å²) in [6.45, 7) is 7.17. The Bertz CT molecular complexity index is 1730. The summed E-state index contributed by atoms with van der Waals surface area (Å²) in [6, 6.07) is 22.8. The average Bonchev–Trinajstić information content (AvgIpc) is 3.16. The Kier molecular flexibility index (Phi) is 9.71. The third kappa shape index (κ3) is 6.72. The van der Waals surface area contributed by atoms with Crippen molar-refractivity contribution in [1.29, 1.82) is 0 Å². The Labute approximate surface area is 300 Å². The van der Waals surface area contributed by atoms with Crippen LogP contribution in [0.3, 0.4) is 0 Å². The number of amides is 4. The molecule has 4 aromatic rings. The van der Waals surface area contributed by atoms with Crippen LogP contribution in [-0.2, 0) is 0 Å². The van der Waals surface area contributed by atoms with E-state index < -0.39 is 0 Å². The van der Waals surface area contributed by atoms with E-state index in [1.807, 2.05) is 72.8 Å². The summed E-state index contributed by atoms with van der Waals surface area (Å²) in [5.74, 6) is 0.929. The first-order valence-corrected chi connectivity index (χ1v) is 19.2. The van der Waals surface area contributed by atoms with Gasteiger partial charge in [-0.2, -0.15) is 0 Å². The molecule has 4 amide bonds. The summed E-state index contributed by atoms with van der Waals surface area (Å²) in [4.78, 5) is 60.8. The van der Waals surface area contributed by atoms with Crippen LogP contribution in [0.1, 0.15) is 99.2 Å². The fraction of sp³-hybridized carbons (Fsp3) is 0.442. The molecule has 0 aliphatic carbocycles. The Morgan fingerprint density at radius 2 is 0.765 bits per heavy atom. The predicted molar refractivity (Wildman–Crippen MR) is 200 cm³/mol. The van der Waals surface area contributed by atoms with Gasteiger partial charge < -0.3 is 9.80 Å². The van der Waals surface area contributed by atoms with Gasteiger partial charge in [-0.1, -0.05) is 67.8 Å². The minimum atomic E-state index is -0.165. The van der Waals surface area contributed by atoms with Gasteiger partial charge in [-0.25, -0.2) is 0 Å². The standard InChI is InChI=1S/C43H48N4O4/c48-40-34-14-2-10-32-11-3-15-35(38(32)34)41(49)46(40)24-6-22-44-26-18-30(19-27-44)8-1-9-31-20-28-45(29-21-31)23-7-25-47-42(50)36-16-4-12-33-13-5-17-37(39(33)36)43(47)51/h2-5,10-17,30-31H,1,6-9,18-29H2. The van der Waals surface area contributed by atoms with Crippen LogP contribution in [0.4, 0.5) is 0 Å². The van der Waals surface area contributed by atoms with Crippen molar-refractivity contribution in [2.24, 2.45) is 11.8 Å². The Morgan fingerprint density at radius 3 is 1.10 bits per heavy atom. The molecule has 0 atom stereocenters. The number of benzene rings is 4. The summed E-state index contributed by atoms with van der Waals surface area (Å²) < 4.78 is 0. The van der Waals surface area contributed by atoms with Crippen LogP contribution in [0, 0.1) is 11.8 Å². The highest BCUT2D eigenvalue weighted by molar-refractivity contribution is 6.26. The number of likely N-dealkylation sites (tertiary alicyclic amines) is 2. The third-order valence-electron chi connectivity index (χ3n) is 12.1. The van der Waals surface area contributed by atoms with Crippen molar-refractivity contribution in [2.75, 3.05) is 52.4 Å². The highest BCUT2D eigenvalue weighted by atomic mass is 16.2. The van der Waals surface area contributed by atoms with E-state index in [4.69, 9.17) is 0 Å². The molecule has 2 fully saturated rings. The lowest BCUT2D eigenvalue weighted by atomic mass is 9.87. The van der Waals surface area contributed by atoms with Gasteiger partial charge in [0.05, 0.1) is 0 Å². The number of imide groups is 2. The number of hydrogen-bond donors (Lipinski definition) is 0. The van der Waals surface area contributed by atoms with E-state index in [0.29, 0.717) is 35.3 Å². The van der Waals surface area contributed by atoms with Crippen LogP contribution in [0.15, 0.2) is 72.8 Å². The van der Waals surface area contributed by atoms with Crippen molar-refractivity contribution < 1.29 is 19.2 Å². The van der Waals surface area contributed by atoms with Crippen molar-refractivity contribution in [3.63, 3.8) is 0 Å². The van der Waals surface area contributed by atoms with E-state index in [1.54, 1.807) is 0 Å². The number of hydrogen-bond acceptors (Lipinski definition) is 6. The molecule has 264 valence electrons. The summed E-state index contributed by atoms with van der Waals surface area (Å²) in [7, 11) is 0. The fourth-order valence-electron chi connectivity index (χ4n) is 9.16. The normalized spacial score (nSPS) is 19.2. The quantitative estimate of drug-likeness (QED) is 0.146.